The molecule has 0 fully saturated rings. The first-order valence-corrected chi connectivity index (χ1v) is 10.7. The molecule has 1 aliphatic rings. The number of halogens is 3. The van der Waals surface area contributed by atoms with Crippen LogP contribution in [0.1, 0.15) is 36.8 Å². The number of carbonyl (C=O) groups excluding carboxylic acids is 2. The van der Waals surface area contributed by atoms with E-state index in [0.717, 1.165) is 22.3 Å². The van der Waals surface area contributed by atoms with Gasteiger partial charge in [0.05, 0.1) is 6.42 Å². The van der Waals surface area contributed by atoms with Crippen molar-refractivity contribution < 1.29 is 37.4 Å². The molecule has 184 valence electrons. The fourth-order valence-electron chi connectivity index (χ4n) is 3.90. The molecule has 0 heterocycles. The summed E-state index contributed by atoms with van der Waals surface area (Å²) in [5.74, 6) is 1.80. The second-order valence-corrected chi connectivity index (χ2v) is 7.87. The Morgan fingerprint density at radius 3 is 2.09 bits per heavy atom. The highest BCUT2D eigenvalue weighted by molar-refractivity contribution is 5.89. The van der Waals surface area contributed by atoms with Crippen molar-refractivity contribution in [2.45, 2.75) is 43.9 Å². The number of nitrogens with one attached hydrogen (secondary N) is 2. The van der Waals surface area contributed by atoms with Crippen LogP contribution < -0.4 is 10.6 Å². The van der Waals surface area contributed by atoms with Gasteiger partial charge in [0.25, 0.3) is 0 Å². The maximum Gasteiger partial charge on any atom is 0.407 e. The number of ether oxygens (including phenoxy) is 1. The number of benzene rings is 2. The van der Waals surface area contributed by atoms with Gasteiger partial charge in [0.2, 0.25) is 5.91 Å². The Morgan fingerprint density at radius 1 is 1.00 bits per heavy atom. The molecule has 3 rings (SSSR count). The van der Waals surface area contributed by atoms with E-state index in [0.29, 0.717) is 0 Å². The van der Waals surface area contributed by atoms with Crippen LogP contribution in [-0.2, 0) is 14.3 Å². The largest absolute Gasteiger partial charge is 0.480 e. The van der Waals surface area contributed by atoms with Gasteiger partial charge in [-0.25, -0.2) is 9.59 Å². The molecule has 0 saturated heterocycles. The minimum atomic E-state index is -4.80. The number of amides is 2. The van der Waals surface area contributed by atoms with E-state index in [1.807, 2.05) is 59.2 Å². The Kier molecular flexibility index (Phi) is 8.02. The number of rotatable bonds is 8. The summed E-state index contributed by atoms with van der Waals surface area (Å²) >= 11 is 0. The first kappa shape index (κ1) is 25.6. The van der Waals surface area contributed by atoms with Crippen molar-refractivity contribution in [2.75, 3.05) is 6.61 Å². The van der Waals surface area contributed by atoms with E-state index in [1.54, 1.807) is 0 Å². The van der Waals surface area contributed by atoms with E-state index in [4.69, 9.17) is 4.74 Å². The molecule has 0 aliphatic heterocycles. The monoisotopic (exact) mass is 488 g/mol. The number of carboxylic acids is 1. The second kappa shape index (κ2) is 11.0. The number of alkyl carbamates (subject to hydrolysis) is 1. The zero-order valence-corrected chi connectivity index (χ0v) is 18.7. The predicted molar refractivity (Wildman–Crippen MR) is 120 cm³/mol. The van der Waals surface area contributed by atoms with Crippen LogP contribution in [0.5, 0.6) is 0 Å². The number of hydrogen-bond donors (Lipinski definition) is 3. The molecule has 2 atom stereocenters. The fourth-order valence-corrected chi connectivity index (χ4v) is 3.90. The zero-order chi connectivity index (χ0) is 25.6. The minimum absolute atomic E-state index is 0.163. The average Bonchev–Trinajstić information content (AvgIpc) is 3.12. The van der Waals surface area contributed by atoms with E-state index in [9.17, 15) is 32.7 Å². The third kappa shape index (κ3) is 6.53. The normalized spacial score (nSPS) is 13.9. The molecule has 2 amide bonds. The molecule has 0 bridgehead atoms. The van der Waals surface area contributed by atoms with Crippen LogP contribution in [0.2, 0.25) is 0 Å². The lowest BCUT2D eigenvalue weighted by atomic mass is 9.98. The summed E-state index contributed by atoms with van der Waals surface area (Å²) in [6.45, 7) is 1.29. The number of carboxylic acid groups (broad SMARTS) is 1. The van der Waals surface area contributed by atoms with Crippen LogP contribution in [0, 0.1) is 11.8 Å². The summed E-state index contributed by atoms with van der Waals surface area (Å²) in [7, 11) is 0. The summed E-state index contributed by atoms with van der Waals surface area (Å²) < 4.78 is 44.4. The number of hydrogen-bond acceptors (Lipinski definition) is 4. The van der Waals surface area contributed by atoms with E-state index in [2.05, 4.69) is 11.8 Å². The minimum Gasteiger partial charge on any atom is -0.480 e. The van der Waals surface area contributed by atoms with Crippen molar-refractivity contribution in [3.05, 3.63) is 59.7 Å². The van der Waals surface area contributed by atoms with Gasteiger partial charge in [-0.3, -0.25) is 4.79 Å². The lowest BCUT2D eigenvalue weighted by molar-refractivity contribution is -0.150. The maximum atomic E-state index is 13.1. The van der Waals surface area contributed by atoms with Crippen molar-refractivity contribution in [1.82, 2.24) is 10.6 Å². The number of fused-ring (bicyclic) bond motifs is 3. The molecule has 2 aromatic rings. The molecule has 0 aromatic heterocycles. The first-order valence-electron chi connectivity index (χ1n) is 10.7. The van der Waals surface area contributed by atoms with Gasteiger partial charge in [0.15, 0.2) is 0 Å². The fraction of sp³-hybridized carbons (Fsp3) is 0.320. The van der Waals surface area contributed by atoms with Crippen molar-refractivity contribution in [3.63, 3.8) is 0 Å². The number of carbonyl (C=O) groups is 3. The summed E-state index contributed by atoms with van der Waals surface area (Å²) in [5, 5.41) is 13.1. The lowest BCUT2D eigenvalue weighted by Gasteiger charge is -2.22. The first-order chi connectivity index (χ1) is 16.6. The lowest BCUT2D eigenvalue weighted by Crippen LogP contribution is -2.53. The molecule has 7 nitrogen and oxygen atoms in total. The van der Waals surface area contributed by atoms with Crippen LogP contribution >= 0.6 is 0 Å². The summed E-state index contributed by atoms with van der Waals surface area (Å²) in [4.78, 5) is 36.1. The second-order valence-electron chi connectivity index (χ2n) is 7.87. The van der Waals surface area contributed by atoms with Gasteiger partial charge in [-0.2, -0.15) is 13.2 Å². The predicted octanol–water partition coefficient (Wildman–Crippen LogP) is 3.83. The van der Waals surface area contributed by atoms with Crippen LogP contribution in [0.3, 0.4) is 0 Å². The molecule has 0 spiro atoms. The molecule has 1 aliphatic carbocycles. The van der Waals surface area contributed by atoms with E-state index < -0.39 is 42.7 Å². The molecule has 35 heavy (non-hydrogen) atoms. The average molecular weight is 488 g/mol. The Hall–Kier alpha value is -4.00. The topological polar surface area (TPSA) is 105 Å². The molecule has 0 saturated carbocycles. The third-order valence-corrected chi connectivity index (χ3v) is 5.49. The SMILES string of the molecule is CC#CCC(NC(=O)C(CC(F)(F)F)NC(=O)OCC1c2ccccc2-c2ccccc21)C(=O)O. The molecule has 2 unspecified atom stereocenters. The van der Waals surface area contributed by atoms with Crippen LogP contribution in [0.4, 0.5) is 18.0 Å². The van der Waals surface area contributed by atoms with Crippen LogP contribution in [0.15, 0.2) is 48.5 Å². The smallest absolute Gasteiger partial charge is 0.407 e. The highest BCUT2D eigenvalue weighted by Crippen LogP contribution is 2.44. The highest BCUT2D eigenvalue weighted by atomic mass is 19.4. The molecular weight excluding hydrogens is 465 g/mol. The molecule has 3 N–H and O–H groups in total. The zero-order valence-electron chi connectivity index (χ0n) is 18.7. The maximum absolute atomic E-state index is 13.1. The van der Waals surface area contributed by atoms with E-state index in [-0.39, 0.29) is 18.9 Å². The van der Waals surface area contributed by atoms with Crippen molar-refractivity contribution >= 4 is 18.0 Å². The van der Waals surface area contributed by atoms with Crippen LogP contribution in [-0.4, -0.2) is 47.9 Å². The van der Waals surface area contributed by atoms with Crippen molar-refractivity contribution in [2.24, 2.45) is 0 Å². The van der Waals surface area contributed by atoms with Gasteiger partial charge in [0, 0.05) is 12.3 Å². The Bertz CT molecular complexity index is 1120. The van der Waals surface area contributed by atoms with Gasteiger partial charge in [-0.15, -0.1) is 11.8 Å². The Morgan fingerprint density at radius 2 is 1.57 bits per heavy atom. The van der Waals surface area contributed by atoms with E-state index in [1.165, 1.54) is 6.92 Å². The summed E-state index contributed by atoms with van der Waals surface area (Å²) in [5.41, 5.74) is 3.77. The van der Waals surface area contributed by atoms with E-state index >= 15 is 0 Å². The van der Waals surface area contributed by atoms with Gasteiger partial charge in [0.1, 0.15) is 18.7 Å². The molecule has 2 aromatic carbocycles. The molecule has 0 radical (unpaired) electrons. The Balaban J connectivity index is 1.70. The van der Waals surface area contributed by atoms with Crippen molar-refractivity contribution in [1.29, 1.82) is 0 Å². The van der Waals surface area contributed by atoms with Gasteiger partial charge in [-0.05, 0) is 29.2 Å². The quantitative estimate of drug-likeness (QED) is 0.490. The summed E-state index contributed by atoms with van der Waals surface area (Å²) in [6.07, 6.45) is -8.03. The van der Waals surface area contributed by atoms with Gasteiger partial charge >= 0.3 is 18.2 Å². The molecular formula is C25H23F3N2O5. The summed E-state index contributed by atoms with van der Waals surface area (Å²) in [6, 6.07) is 11.4. The standard InChI is InChI=1S/C25H23F3N2O5/c1-2-3-12-20(23(32)33)29-22(31)21(13-25(26,27)28)30-24(34)35-14-19-17-10-6-4-8-15(17)16-9-5-7-11-18(16)19/h4-11,19-21H,12-14H2,1H3,(H,29,31)(H,30,34)(H,32,33). The van der Waals surface area contributed by atoms with Crippen molar-refractivity contribution in [3.8, 4) is 23.0 Å². The highest BCUT2D eigenvalue weighted by Gasteiger charge is 2.38. The van der Waals surface area contributed by atoms with Crippen LogP contribution in [0.25, 0.3) is 11.1 Å². The Labute approximate surface area is 199 Å². The van der Waals surface area contributed by atoms with Gasteiger partial charge in [-0.1, -0.05) is 48.5 Å². The number of aliphatic carboxylic acids is 1. The number of alkyl halides is 3. The van der Waals surface area contributed by atoms with Gasteiger partial charge < -0.3 is 20.5 Å². The molecule has 10 heteroatoms. The third-order valence-electron chi connectivity index (χ3n) is 5.49.